The van der Waals surface area contributed by atoms with Gasteiger partial charge in [-0.3, -0.25) is 9.79 Å². The van der Waals surface area contributed by atoms with Gasteiger partial charge in [-0.2, -0.15) is 0 Å². The molecule has 2 aliphatic rings. The average Bonchev–Trinajstić information content (AvgIpc) is 3.46. The van der Waals surface area contributed by atoms with E-state index in [4.69, 9.17) is 9.15 Å². The molecule has 1 fully saturated rings. The first-order valence-electron chi connectivity index (χ1n) is 11.8. The van der Waals surface area contributed by atoms with E-state index in [9.17, 15) is 4.79 Å². The van der Waals surface area contributed by atoms with E-state index in [1.807, 2.05) is 54.6 Å². The van der Waals surface area contributed by atoms with Crippen molar-refractivity contribution >= 4 is 34.1 Å². The summed E-state index contributed by atoms with van der Waals surface area (Å²) in [7, 11) is 1.63. The topological polar surface area (TPSA) is 55.0 Å². The van der Waals surface area contributed by atoms with Crippen LogP contribution in [0, 0.1) is 5.82 Å². The fourth-order valence-corrected chi connectivity index (χ4v) is 5.29. The minimum atomic E-state index is -0.283. The van der Waals surface area contributed by atoms with Crippen LogP contribution in [0.5, 0.6) is 5.75 Å². The summed E-state index contributed by atoms with van der Waals surface area (Å²) in [5, 5.41) is 1.99. The molecule has 0 bridgehead atoms. The summed E-state index contributed by atoms with van der Waals surface area (Å²) in [4.78, 5) is 19.0. The van der Waals surface area contributed by atoms with Gasteiger partial charge in [0.25, 0.3) is 0 Å². The summed E-state index contributed by atoms with van der Waals surface area (Å²) in [6, 6.07) is 17.1. The summed E-state index contributed by atoms with van der Waals surface area (Å²) in [6.45, 7) is 1.41. The highest BCUT2D eigenvalue weighted by Crippen LogP contribution is 2.42. The number of furan rings is 1. The van der Waals surface area contributed by atoms with Crippen molar-refractivity contribution in [2.24, 2.45) is 4.99 Å². The Morgan fingerprint density at radius 1 is 1.17 bits per heavy atom. The van der Waals surface area contributed by atoms with Crippen molar-refractivity contribution in [3.05, 3.63) is 89.3 Å². The van der Waals surface area contributed by atoms with Crippen LogP contribution in [0.2, 0.25) is 0 Å². The molecule has 0 N–H and O–H groups in total. The van der Waals surface area contributed by atoms with Crippen LogP contribution in [0.15, 0.2) is 76.2 Å². The SMILES string of the molecule is COc1ccc(C2CC(=O)N(Cc3ccc(C4C=CC=NC4)cc3F)C2)c2c1oc1ccccc12. The molecule has 5 nitrogen and oxygen atoms in total. The van der Waals surface area contributed by atoms with E-state index in [0.717, 1.165) is 27.5 Å². The average molecular weight is 469 g/mol. The molecule has 4 aromatic rings. The van der Waals surface area contributed by atoms with E-state index in [2.05, 4.69) is 4.99 Å². The van der Waals surface area contributed by atoms with Gasteiger partial charge in [0.1, 0.15) is 11.4 Å². The summed E-state index contributed by atoms with van der Waals surface area (Å²) in [5.74, 6) is 0.490. The Morgan fingerprint density at radius 3 is 2.86 bits per heavy atom. The van der Waals surface area contributed by atoms with Crippen LogP contribution in [-0.2, 0) is 11.3 Å². The third-order valence-electron chi connectivity index (χ3n) is 7.10. The third kappa shape index (κ3) is 3.79. The molecule has 176 valence electrons. The predicted molar refractivity (Wildman–Crippen MR) is 135 cm³/mol. The standard InChI is InChI=1S/C29H25FN2O3/c1-34-26-11-10-22(28-23-6-2-3-7-25(23)35-29(26)28)21-14-27(33)32(17-21)16-20-9-8-18(13-24(20)30)19-5-4-12-31-15-19/h2-13,19,21H,14-17H2,1H3. The summed E-state index contributed by atoms with van der Waals surface area (Å²) < 4.78 is 26.7. The van der Waals surface area contributed by atoms with Gasteiger partial charge in [0, 0.05) is 60.4 Å². The molecular formula is C29H25FN2O3. The Morgan fingerprint density at radius 2 is 2.06 bits per heavy atom. The Hall–Kier alpha value is -3.93. The number of halogens is 1. The van der Waals surface area contributed by atoms with Crippen LogP contribution in [0.4, 0.5) is 4.39 Å². The van der Waals surface area contributed by atoms with Gasteiger partial charge in [-0.25, -0.2) is 4.39 Å². The molecule has 0 aliphatic carbocycles. The Balaban J connectivity index is 1.28. The molecule has 6 heteroatoms. The smallest absolute Gasteiger partial charge is 0.223 e. The number of amides is 1. The number of hydrogen-bond acceptors (Lipinski definition) is 4. The Bertz CT molecular complexity index is 1500. The number of carbonyl (C=O) groups excluding carboxylic acids is 1. The van der Waals surface area contributed by atoms with E-state index in [-0.39, 0.29) is 30.1 Å². The van der Waals surface area contributed by atoms with Crippen LogP contribution in [0.25, 0.3) is 21.9 Å². The fraction of sp³-hybridized carbons (Fsp3) is 0.241. The maximum absolute atomic E-state index is 15.0. The zero-order valence-corrected chi connectivity index (χ0v) is 19.4. The number of likely N-dealkylation sites (tertiary alicyclic amines) is 1. The molecule has 3 aromatic carbocycles. The van der Waals surface area contributed by atoms with Gasteiger partial charge < -0.3 is 14.1 Å². The summed E-state index contributed by atoms with van der Waals surface area (Å²) in [5.41, 5.74) is 3.97. The van der Waals surface area contributed by atoms with Crippen molar-refractivity contribution < 1.29 is 18.3 Å². The van der Waals surface area contributed by atoms with E-state index in [1.54, 1.807) is 30.4 Å². The molecule has 1 aromatic heterocycles. The largest absolute Gasteiger partial charge is 0.493 e. The molecule has 35 heavy (non-hydrogen) atoms. The molecule has 2 atom stereocenters. The van der Waals surface area contributed by atoms with Gasteiger partial charge in [0.15, 0.2) is 11.3 Å². The number of allylic oxidation sites excluding steroid dienone is 1. The van der Waals surface area contributed by atoms with E-state index >= 15 is 4.39 Å². The highest BCUT2D eigenvalue weighted by atomic mass is 19.1. The zero-order chi connectivity index (χ0) is 23.9. The molecule has 0 radical (unpaired) electrons. The number of rotatable bonds is 5. The second-order valence-corrected chi connectivity index (χ2v) is 9.19. The monoisotopic (exact) mass is 468 g/mol. The first-order chi connectivity index (χ1) is 17.1. The normalized spacial score (nSPS) is 19.8. The van der Waals surface area contributed by atoms with Crippen LogP contribution in [0.3, 0.4) is 0 Å². The Kier molecular flexibility index (Phi) is 5.36. The highest BCUT2D eigenvalue weighted by Gasteiger charge is 2.33. The van der Waals surface area contributed by atoms with Crippen molar-refractivity contribution in [1.82, 2.24) is 4.90 Å². The number of ether oxygens (including phenoxy) is 1. The predicted octanol–water partition coefficient (Wildman–Crippen LogP) is 5.97. The molecular weight excluding hydrogens is 443 g/mol. The molecule has 1 saturated heterocycles. The van der Waals surface area contributed by atoms with E-state index in [1.165, 1.54) is 0 Å². The van der Waals surface area contributed by atoms with Crippen LogP contribution in [-0.4, -0.2) is 37.2 Å². The number of benzene rings is 3. The molecule has 2 unspecified atom stereocenters. The van der Waals surface area contributed by atoms with E-state index < -0.39 is 0 Å². The van der Waals surface area contributed by atoms with Crippen molar-refractivity contribution in [1.29, 1.82) is 0 Å². The molecule has 0 spiro atoms. The van der Waals surface area contributed by atoms with Gasteiger partial charge in [-0.1, -0.05) is 42.5 Å². The lowest BCUT2D eigenvalue weighted by Gasteiger charge is -2.19. The maximum Gasteiger partial charge on any atom is 0.223 e. The molecule has 1 amide bonds. The van der Waals surface area contributed by atoms with Crippen molar-refractivity contribution in [3.8, 4) is 5.75 Å². The van der Waals surface area contributed by atoms with Gasteiger partial charge in [-0.15, -0.1) is 0 Å². The summed E-state index contributed by atoms with van der Waals surface area (Å²) in [6.07, 6.45) is 6.07. The zero-order valence-electron chi connectivity index (χ0n) is 19.4. The molecule has 3 heterocycles. The maximum atomic E-state index is 15.0. The lowest BCUT2D eigenvalue weighted by Crippen LogP contribution is -2.25. The quantitative estimate of drug-likeness (QED) is 0.362. The first kappa shape index (κ1) is 21.6. The van der Waals surface area contributed by atoms with Crippen LogP contribution in [0.1, 0.15) is 34.9 Å². The number of hydrogen-bond donors (Lipinski definition) is 0. The second kappa shape index (κ2) is 8.69. The minimum absolute atomic E-state index is 0.00974. The van der Waals surface area contributed by atoms with Crippen molar-refractivity contribution in [3.63, 3.8) is 0 Å². The number of fused-ring (bicyclic) bond motifs is 3. The second-order valence-electron chi connectivity index (χ2n) is 9.19. The van der Waals surface area contributed by atoms with Crippen molar-refractivity contribution in [2.45, 2.75) is 24.8 Å². The highest BCUT2D eigenvalue weighted by molar-refractivity contribution is 6.09. The van der Waals surface area contributed by atoms with Gasteiger partial charge in [0.05, 0.1) is 7.11 Å². The number of dihydropyridines is 1. The van der Waals surface area contributed by atoms with Crippen LogP contribution >= 0.6 is 0 Å². The fourth-order valence-electron chi connectivity index (χ4n) is 5.29. The summed E-state index contributed by atoms with van der Waals surface area (Å²) >= 11 is 0. The van der Waals surface area contributed by atoms with Gasteiger partial charge in [-0.05, 0) is 35.4 Å². The number of carbonyl (C=O) groups is 1. The van der Waals surface area contributed by atoms with Crippen LogP contribution < -0.4 is 4.74 Å². The van der Waals surface area contributed by atoms with E-state index in [0.29, 0.717) is 36.4 Å². The van der Waals surface area contributed by atoms with Gasteiger partial charge in [0.2, 0.25) is 5.91 Å². The number of nitrogens with zero attached hydrogens (tertiary/aromatic N) is 2. The lowest BCUT2D eigenvalue weighted by atomic mass is 9.93. The molecule has 2 aliphatic heterocycles. The van der Waals surface area contributed by atoms with Crippen molar-refractivity contribution in [2.75, 3.05) is 20.2 Å². The number of aliphatic imine (C=N–C) groups is 1. The Labute approximate surface area is 202 Å². The lowest BCUT2D eigenvalue weighted by molar-refractivity contribution is -0.128. The molecule has 0 saturated carbocycles. The minimum Gasteiger partial charge on any atom is -0.493 e. The molecule has 6 rings (SSSR count). The number of methoxy groups -OCH3 is 1. The number of para-hydroxylation sites is 1. The first-order valence-corrected chi connectivity index (χ1v) is 11.8. The van der Waals surface area contributed by atoms with Gasteiger partial charge >= 0.3 is 0 Å². The third-order valence-corrected chi connectivity index (χ3v) is 7.10.